The van der Waals surface area contributed by atoms with Gasteiger partial charge in [-0.1, -0.05) is 26.8 Å². The maximum Gasteiger partial charge on any atom is 0.412 e. The Balaban J connectivity index is 2.32. The van der Waals surface area contributed by atoms with Crippen molar-refractivity contribution in [3.05, 3.63) is 24.4 Å². The van der Waals surface area contributed by atoms with Crippen molar-refractivity contribution in [3.8, 4) is 0 Å². The van der Waals surface area contributed by atoms with Gasteiger partial charge in [0.2, 0.25) is 0 Å². The molecule has 1 rings (SSSR count). The number of hydrogen-bond donors (Lipinski definition) is 1. The number of nitrogens with zero attached hydrogens (tertiary/aromatic N) is 1. The van der Waals surface area contributed by atoms with E-state index in [0.717, 1.165) is 0 Å². The molecule has 0 radical (unpaired) electrons. The molecule has 0 aliphatic carbocycles. The van der Waals surface area contributed by atoms with E-state index < -0.39 is 6.09 Å². The van der Waals surface area contributed by atoms with E-state index in [1.165, 1.54) is 0 Å². The van der Waals surface area contributed by atoms with Gasteiger partial charge < -0.3 is 4.74 Å². The van der Waals surface area contributed by atoms with Crippen molar-refractivity contribution in [2.24, 2.45) is 11.8 Å². The smallest absolute Gasteiger partial charge is 0.412 e. The summed E-state index contributed by atoms with van der Waals surface area (Å²) in [6.45, 7) is 6.68. The van der Waals surface area contributed by atoms with E-state index in [0.29, 0.717) is 24.3 Å². The molecule has 1 amide bonds. The Morgan fingerprint density at radius 3 is 2.75 bits per heavy atom. The maximum absolute atomic E-state index is 11.4. The van der Waals surface area contributed by atoms with Crippen LogP contribution in [0, 0.1) is 11.8 Å². The first-order chi connectivity index (χ1) is 7.59. The number of anilines is 1. The number of ether oxygens (including phenoxy) is 1. The zero-order chi connectivity index (χ0) is 12.0. The number of aromatic nitrogens is 1. The van der Waals surface area contributed by atoms with Gasteiger partial charge in [-0.3, -0.25) is 5.32 Å². The molecule has 1 heterocycles. The number of nitrogens with one attached hydrogen (secondary N) is 1. The molecule has 1 aromatic heterocycles. The summed E-state index contributed by atoms with van der Waals surface area (Å²) < 4.78 is 5.08. The highest BCUT2D eigenvalue weighted by molar-refractivity contribution is 5.83. The van der Waals surface area contributed by atoms with Gasteiger partial charge in [0, 0.05) is 6.20 Å². The van der Waals surface area contributed by atoms with Crippen molar-refractivity contribution in [2.45, 2.75) is 20.8 Å². The summed E-state index contributed by atoms with van der Waals surface area (Å²) in [5.41, 5.74) is 0. The molecule has 4 heteroatoms. The summed E-state index contributed by atoms with van der Waals surface area (Å²) in [6.07, 6.45) is 1.16. The molecule has 0 bridgehead atoms. The van der Waals surface area contributed by atoms with E-state index in [1.54, 1.807) is 24.4 Å². The van der Waals surface area contributed by atoms with E-state index in [-0.39, 0.29) is 0 Å². The van der Waals surface area contributed by atoms with E-state index in [2.05, 4.69) is 31.1 Å². The summed E-state index contributed by atoms with van der Waals surface area (Å²) in [6, 6.07) is 5.31. The average molecular weight is 222 g/mol. The molecule has 1 aromatic rings. The van der Waals surface area contributed by atoms with E-state index in [1.807, 2.05) is 0 Å². The predicted octanol–water partition coefficient (Wildman–Crippen LogP) is 2.92. The van der Waals surface area contributed by atoms with Crippen molar-refractivity contribution in [1.29, 1.82) is 0 Å². The lowest BCUT2D eigenvalue weighted by atomic mass is 10.00. The Labute approximate surface area is 96.0 Å². The predicted molar refractivity (Wildman–Crippen MR) is 63.2 cm³/mol. The van der Waals surface area contributed by atoms with Crippen LogP contribution >= 0.6 is 0 Å². The first kappa shape index (κ1) is 12.5. The lowest BCUT2D eigenvalue weighted by Crippen LogP contribution is -2.20. The third kappa shape index (κ3) is 4.29. The molecule has 16 heavy (non-hydrogen) atoms. The van der Waals surface area contributed by atoms with E-state index >= 15 is 0 Å². The van der Waals surface area contributed by atoms with Crippen molar-refractivity contribution in [1.82, 2.24) is 4.98 Å². The summed E-state index contributed by atoms with van der Waals surface area (Å²) in [5.74, 6) is 1.36. The van der Waals surface area contributed by atoms with Crippen molar-refractivity contribution < 1.29 is 9.53 Å². The van der Waals surface area contributed by atoms with Gasteiger partial charge in [-0.05, 0) is 24.0 Å². The van der Waals surface area contributed by atoms with Crippen LogP contribution in [0.1, 0.15) is 20.8 Å². The van der Waals surface area contributed by atoms with Crippen molar-refractivity contribution >= 4 is 11.9 Å². The lowest BCUT2D eigenvalue weighted by molar-refractivity contribution is 0.133. The Bertz CT molecular complexity index is 325. The number of pyridine rings is 1. The molecule has 0 saturated carbocycles. The van der Waals surface area contributed by atoms with Gasteiger partial charge in [-0.2, -0.15) is 0 Å². The second kappa shape index (κ2) is 6.10. The lowest BCUT2D eigenvalue weighted by Gasteiger charge is -2.15. The van der Waals surface area contributed by atoms with Crippen LogP contribution in [0.3, 0.4) is 0 Å². The quantitative estimate of drug-likeness (QED) is 0.852. The topological polar surface area (TPSA) is 51.2 Å². The summed E-state index contributed by atoms with van der Waals surface area (Å²) in [4.78, 5) is 15.3. The first-order valence-electron chi connectivity index (χ1n) is 5.44. The fraction of sp³-hybridized carbons (Fsp3) is 0.500. The molecule has 0 fully saturated rings. The van der Waals surface area contributed by atoms with Gasteiger partial charge in [-0.25, -0.2) is 9.78 Å². The van der Waals surface area contributed by atoms with Crippen LogP contribution in [0.4, 0.5) is 10.6 Å². The second-order valence-electron chi connectivity index (χ2n) is 4.16. The van der Waals surface area contributed by atoms with Gasteiger partial charge in [0.05, 0.1) is 6.61 Å². The number of carbonyl (C=O) groups is 1. The van der Waals surface area contributed by atoms with Crippen molar-refractivity contribution in [3.63, 3.8) is 0 Å². The minimum absolute atomic E-state index is 0.356. The molecule has 0 aliphatic rings. The minimum Gasteiger partial charge on any atom is -0.449 e. The van der Waals surface area contributed by atoms with Crippen LogP contribution < -0.4 is 5.32 Å². The van der Waals surface area contributed by atoms with Gasteiger partial charge >= 0.3 is 6.09 Å². The molecular weight excluding hydrogens is 204 g/mol. The minimum atomic E-state index is -0.453. The third-order valence-corrected chi connectivity index (χ3v) is 2.51. The van der Waals surface area contributed by atoms with Gasteiger partial charge in [0.25, 0.3) is 0 Å². The van der Waals surface area contributed by atoms with Crippen LogP contribution in [-0.4, -0.2) is 17.7 Å². The zero-order valence-corrected chi connectivity index (χ0v) is 9.93. The van der Waals surface area contributed by atoms with Crippen LogP contribution in [-0.2, 0) is 4.74 Å². The molecule has 0 saturated heterocycles. The average Bonchev–Trinajstić information content (AvgIpc) is 2.27. The van der Waals surface area contributed by atoms with E-state index in [4.69, 9.17) is 4.74 Å². The Hall–Kier alpha value is -1.58. The highest BCUT2D eigenvalue weighted by Gasteiger charge is 2.10. The fourth-order valence-corrected chi connectivity index (χ4v) is 0.977. The molecule has 0 spiro atoms. The molecule has 0 aliphatic heterocycles. The molecule has 1 N–H and O–H groups in total. The second-order valence-corrected chi connectivity index (χ2v) is 4.16. The SMILES string of the molecule is CC(C)[C@@H](C)COC(=O)Nc1ccccn1. The molecule has 1 atom stereocenters. The number of amides is 1. The van der Waals surface area contributed by atoms with Gasteiger partial charge in [-0.15, -0.1) is 0 Å². The Morgan fingerprint density at radius 1 is 1.44 bits per heavy atom. The number of hydrogen-bond acceptors (Lipinski definition) is 3. The molecular formula is C12H18N2O2. The van der Waals surface area contributed by atoms with Crippen LogP contribution in [0.2, 0.25) is 0 Å². The molecule has 0 aromatic carbocycles. The summed E-state index contributed by atoms with van der Waals surface area (Å²) >= 11 is 0. The van der Waals surface area contributed by atoms with Gasteiger partial charge in [0.1, 0.15) is 5.82 Å². The normalized spacial score (nSPS) is 12.2. The maximum atomic E-state index is 11.4. The van der Waals surface area contributed by atoms with Crippen LogP contribution in [0.25, 0.3) is 0 Å². The van der Waals surface area contributed by atoms with Gasteiger partial charge in [0.15, 0.2) is 0 Å². The Morgan fingerprint density at radius 2 is 2.19 bits per heavy atom. The zero-order valence-electron chi connectivity index (χ0n) is 9.93. The molecule has 4 nitrogen and oxygen atoms in total. The summed E-state index contributed by atoms with van der Waals surface area (Å²) in [7, 11) is 0. The first-order valence-corrected chi connectivity index (χ1v) is 5.44. The Kier molecular flexibility index (Phi) is 4.76. The standard InChI is InChI=1S/C12H18N2O2/c1-9(2)10(3)8-16-12(15)14-11-6-4-5-7-13-11/h4-7,9-10H,8H2,1-3H3,(H,13,14,15)/t10-/m0/s1. The van der Waals surface area contributed by atoms with E-state index in [9.17, 15) is 4.79 Å². The monoisotopic (exact) mass is 222 g/mol. The molecule has 88 valence electrons. The number of rotatable bonds is 4. The largest absolute Gasteiger partial charge is 0.449 e. The fourth-order valence-electron chi connectivity index (χ4n) is 0.977. The molecule has 0 unspecified atom stereocenters. The highest BCUT2D eigenvalue weighted by Crippen LogP contribution is 2.10. The number of carbonyl (C=O) groups excluding carboxylic acids is 1. The van der Waals surface area contributed by atoms with Crippen LogP contribution in [0.5, 0.6) is 0 Å². The van der Waals surface area contributed by atoms with Crippen molar-refractivity contribution in [2.75, 3.05) is 11.9 Å². The highest BCUT2D eigenvalue weighted by atomic mass is 16.5. The summed E-state index contributed by atoms with van der Waals surface area (Å²) in [5, 5.41) is 2.56. The third-order valence-electron chi connectivity index (χ3n) is 2.51. The van der Waals surface area contributed by atoms with Crippen LogP contribution in [0.15, 0.2) is 24.4 Å².